The van der Waals surface area contributed by atoms with Crippen molar-refractivity contribution in [3.8, 4) is 16.8 Å². The van der Waals surface area contributed by atoms with E-state index in [2.05, 4.69) is 67.9 Å². The predicted octanol–water partition coefficient (Wildman–Crippen LogP) is 10.4. The number of rotatable bonds is 9. The van der Waals surface area contributed by atoms with Gasteiger partial charge >= 0.3 is 5.97 Å². The van der Waals surface area contributed by atoms with Gasteiger partial charge in [-0.25, -0.2) is 9.78 Å². The molecule has 2 fully saturated rings. The number of esters is 1. The molecule has 0 bridgehead atoms. The number of fused-ring (bicyclic) bond motifs is 1. The normalized spacial score (nSPS) is 18.9. The monoisotopic (exact) mass is 647 g/mol. The van der Waals surface area contributed by atoms with Gasteiger partial charge in [-0.1, -0.05) is 96.6 Å². The number of amides is 1. The van der Waals surface area contributed by atoms with E-state index in [0.29, 0.717) is 5.56 Å². The summed E-state index contributed by atoms with van der Waals surface area (Å²) < 4.78 is 7.47. The van der Waals surface area contributed by atoms with E-state index in [1.807, 2.05) is 30.3 Å². The standard InChI is InChI=1S/C42H53N3O3/c1-6-7-16-38-44-36-26-23-32(43-40(46)31-19-17-29(18-20-31)28-12-9-8-10-13-28)27-37(36)45(38)33-24-21-30(22-25-33)34-14-11-15-35(42(2,3)4)39(34)41(47)48-5/h11,14-15,21-29,31H,6-10,12-13,16-20H2,1-5H3,(H,43,46). The molecule has 2 saturated carbocycles. The van der Waals surface area contributed by atoms with Crippen molar-refractivity contribution in [1.29, 1.82) is 0 Å². The number of benzene rings is 3. The largest absolute Gasteiger partial charge is 0.465 e. The lowest BCUT2D eigenvalue weighted by Crippen LogP contribution is -2.30. The smallest absolute Gasteiger partial charge is 0.338 e. The number of imidazole rings is 1. The first-order chi connectivity index (χ1) is 23.2. The minimum absolute atomic E-state index is 0.0878. The van der Waals surface area contributed by atoms with Crippen LogP contribution in [0.3, 0.4) is 0 Å². The first-order valence-electron chi connectivity index (χ1n) is 18.3. The summed E-state index contributed by atoms with van der Waals surface area (Å²) in [5, 5.41) is 3.28. The summed E-state index contributed by atoms with van der Waals surface area (Å²) in [4.78, 5) is 31.6. The van der Waals surface area contributed by atoms with Crippen LogP contribution >= 0.6 is 0 Å². The summed E-state index contributed by atoms with van der Waals surface area (Å²) in [6.45, 7) is 8.54. The second kappa shape index (κ2) is 14.7. The van der Waals surface area contributed by atoms with E-state index < -0.39 is 0 Å². The van der Waals surface area contributed by atoms with Gasteiger partial charge in [-0.2, -0.15) is 0 Å². The van der Waals surface area contributed by atoms with E-state index in [4.69, 9.17) is 9.72 Å². The second-order valence-electron chi connectivity index (χ2n) is 15.2. The lowest BCUT2D eigenvalue weighted by Gasteiger charge is -2.35. The van der Waals surface area contributed by atoms with E-state index in [9.17, 15) is 9.59 Å². The highest BCUT2D eigenvalue weighted by Gasteiger charge is 2.31. The van der Waals surface area contributed by atoms with E-state index in [0.717, 1.165) is 88.9 Å². The number of anilines is 1. The molecule has 1 amide bonds. The molecule has 4 aromatic rings. The Labute approximate surface area is 286 Å². The van der Waals surface area contributed by atoms with E-state index in [1.54, 1.807) is 0 Å². The Morgan fingerprint density at radius 3 is 2.27 bits per heavy atom. The Bertz CT molecular complexity index is 1730. The maximum Gasteiger partial charge on any atom is 0.338 e. The fraction of sp³-hybridized carbons (Fsp3) is 0.500. The Morgan fingerprint density at radius 2 is 1.60 bits per heavy atom. The highest BCUT2D eigenvalue weighted by atomic mass is 16.5. The molecule has 1 heterocycles. The van der Waals surface area contributed by atoms with Crippen LogP contribution in [0.5, 0.6) is 0 Å². The molecule has 48 heavy (non-hydrogen) atoms. The Kier molecular flexibility index (Phi) is 10.4. The van der Waals surface area contributed by atoms with E-state index in [-0.39, 0.29) is 23.2 Å². The molecule has 6 nitrogen and oxygen atoms in total. The topological polar surface area (TPSA) is 73.2 Å². The van der Waals surface area contributed by atoms with Gasteiger partial charge in [0.05, 0.1) is 23.7 Å². The number of aromatic nitrogens is 2. The fourth-order valence-electron chi connectivity index (χ4n) is 8.23. The first kappa shape index (κ1) is 34.0. The zero-order chi connectivity index (χ0) is 33.8. The summed E-state index contributed by atoms with van der Waals surface area (Å²) in [6.07, 6.45) is 14.3. The van der Waals surface area contributed by atoms with Crippen molar-refractivity contribution < 1.29 is 14.3 Å². The molecule has 0 aliphatic heterocycles. The third-order valence-corrected chi connectivity index (χ3v) is 10.9. The molecular formula is C42H53N3O3. The van der Waals surface area contributed by atoms with Gasteiger partial charge in [0, 0.05) is 23.7 Å². The van der Waals surface area contributed by atoms with Crippen molar-refractivity contribution in [2.75, 3.05) is 12.4 Å². The highest BCUT2D eigenvalue weighted by molar-refractivity contribution is 5.99. The van der Waals surface area contributed by atoms with Crippen LogP contribution in [0.15, 0.2) is 60.7 Å². The number of aryl methyl sites for hydroxylation is 1. The summed E-state index contributed by atoms with van der Waals surface area (Å²) >= 11 is 0. The number of hydrogen-bond donors (Lipinski definition) is 1. The van der Waals surface area contributed by atoms with E-state index in [1.165, 1.54) is 52.1 Å². The van der Waals surface area contributed by atoms with Crippen molar-refractivity contribution in [3.63, 3.8) is 0 Å². The number of carbonyl (C=O) groups excluding carboxylic acids is 2. The predicted molar refractivity (Wildman–Crippen MR) is 196 cm³/mol. The Balaban J connectivity index is 1.27. The van der Waals surface area contributed by atoms with Crippen LogP contribution in [0.1, 0.15) is 120 Å². The van der Waals surface area contributed by atoms with Crippen molar-refractivity contribution >= 4 is 28.6 Å². The molecule has 2 aliphatic carbocycles. The van der Waals surface area contributed by atoms with Crippen LogP contribution in [0.25, 0.3) is 27.8 Å². The van der Waals surface area contributed by atoms with Crippen molar-refractivity contribution in [2.45, 2.75) is 110 Å². The van der Waals surface area contributed by atoms with Gasteiger partial charge in [0.1, 0.15) is 5.82 Å². The number of carbonyl (C=O) groups is 2. The van der Waals surface area contributed by atoms with Crippen LogP contribution in [0.4, 0.5) is 5.69 Å². The van der Waals surface area contributed by atoms with Crippen molar-refractivity contribution in [2.24, 2.45) is 17.8 Å². The molecule has 6 rings (SSSR count). The van der Waals surface area contributed by atoms with Gasteiger partial charge in [-0.3, -0.25) is 9.36 Å². The quantitative estimate of drug-likeness (QED) is 0.184. The molecule has 0 radical (unpaired) electrons. The number of methoxy groups -OCH3 is 1. The van der Waals surface area contributed by atoms with Crippen LogP contribution in [-0.2, 0) is 21.4 Å². The van der Waals surface area contributed by atoms with Gasteiger partial charge in [0.15, 0.2) is 0 Å². The number of ether oxygens (including phenoxy) is 1. The van der Waals surface area contributed by atoms with E-state index >= 15 is 0 Å². The van der Waals surface area contributed by atoms with Crippen LogP contribution in [-0.4, -0.2) is 28.5 Å². The summed E-state index contributed by atoms with van der Waals surface area (Å²) in [6, 6.07) is 20.5. The third-order valence-electron chi connectivity index (χ3n) is 10.9. The van der Waals surface area contributed by atoms with Gasteiger partial charge in [-0.15, -0.1) is 0 Å². The average Bonchev–Trinajstić information content (AvgIpc) is 3.47. The molecule has 0 saturated heterocycles. The second-order valence-corrected chi connectivity index (χ2v) is 15.2. The van der Waals surface area contributed by atoms with Crippen LogP contribution < -0.4 is 5.32 Å². The minimum atomic E-state index is -0.325. The Hall–Kier alpha value is -3.93. The molecule has 3 aromatic carbocycles. The summed E-state index contributed by atoms with van der Waals surface area (Å²) in [7, 11) is 1.44. The molecule has 254 valence electrons. The zero-order valence-electron chi connectivity index (χ0n) is 29.6. The van der Waals surface area contributed by atoms with Crippen molar-refractivity contribution in [3.05, 3.63) is 77.6 Å². The first-order valence-corrected chi connectivity index (χ1v) is 18.3. The molecular weight excluding hydrogens is 594 g/mol. The third kappa shape index (κ3) is 7.23. The fourth-order valence-corrected chi connectivity index (χ4v) is 8.23. The number of nitrogens with one attached hydrogen (secondary N) is 1. The lowest BCUT2D eigenvalue weighted by molar-refractivity contribution is -0.121. The number of nitrogens with zero attached hydrogens (tertiary/aromatic N) is 2. The van der Waals surface area contributed by atoms with Gasteiger partial charge < -0.3 is 10.1 Å². The molecule has 1 aromatic heterocycles. The van der Waals surface area contributed by atoms with Crippen molar-refractivity contribution in [1.82, 2.24) is 9.55 Å². The Morgan fingerprint density at radius 1 is 0.896 bits per heavy atom. The molecule has 1 N–H and O–H groups in total. The number of hydrogen-bond acceptors (Lipinski definition) is 4. The number of unbranched alkanes of at least 4 members (excludes halogenated alkanes) is 1. The molecule has 2 aliphatic rings. The molecule has 0 spiro atoms. The SMILES string of the molecule is CCCCc1nc2ccc(NC(=O)C3CCC(C4CCCCC4)CC3)cc2n1-c1ccc(-c2cccc(C(C)(C)C)c2C(=O)OC)cc1. The van der Waals surface area contributed by atoms with Gasteiger partial charge in [0.25, 0.3) is 0 Å². The molecule has 6 heteroatoms. The zero-order valence-corrected chi connectivity index (χ0v) is 29.6. The van der Waals surface area contributed by atoms with Gasteiger partial charge in [-0.05, 0) is 96.4 Å². The summed E-state index contributed by atoms with van der Waals surface area (Å²) in [5.41, 5.74) is 6.90. The maximum atomic E-state index is 13.5. The van der Waals surface area contributed by atoms with Crippen LogP contribution in [0.2, 0.25) is 0 Å². The lowest BCUT2D eigenvalue weighted by atomic mass is 9.71. The maximum absolute atomic E-state index is 13.5. The minimum Gasteiger partial charge on any atom is -0.465 e. The van der Waals surface area contributed by atoms with Crippen LogP contribution in [0, 0.1) is 17.8 Å². The molecule has 0 unspecified atom stereocenters. The molecule has 0 atom stereocenters. The summed E-state index contributed by atoms with van der Waals surface area (Å²) in [5.74, 6) is 2.61. The van der Waals surface area contributed by atoms with Gasteiger partial charge in [0.2, 0.25) is 5.91 Å². The highest BCUT2D eigenvalue weighted by Crippen LogP contribution is 2.40. The average molecular weight is 648 g/mol.